The summed E-state index contributed by atoms with van der Waals surface area (Å²) in [6, 6.07) is 31.1. The zero-order valence-corrected chi connectivity index (χ0v) is 24.6. The van der Waals surface area contributed by atoms with Gasteiger partial charge in [0.2, 0.25) is 5.60 Å². The average molecular weight is 554 g/mol. The predicted octanol–water partition coefficient (Wildman–Crippen LogP) is 5.20. The number of hydrogen-bond acceptors (Lipinski definition) is 5. The normalized spacial score (nSPS) is 27.1. The Balaban J connectivity index is 1.31. The SMILES string of the molecule is CC1(C)O[C@@H]2[C@@H](CO[Si](c3ccccc3)(c3ccccc3)C(C)(C)C)O[C@H]3c4cc5ccccc5n4C(=O)[C@@]23O1. The van der Waals surface area contributed by atoms with Gasteiger partial charge in [0.25, 0.3) is 14.2 Å². The van der Waals surface area contributed by atoms with Crippen LogP contribution in [0.3, 0.4) is 0 Å². The third-order valence-corrected chi connectivity index (χ3v) is 13.7. The average Bonchev–Trinajstić information content (AvgIpc) is 3.59. The van der Waals surface area contributed by atoms with Gasteiger partial charge in [0.1, 0.15) is 18.3 Å². The number of carbonyl (C=O) groups is 1. The highest BCUT2D eigenvalue weighted by atomic mass is 28.4. The first-order chi connectivity index (χ1) is 19.1. The molecule has 2 saturated heterocycles. The minimum atomic E-state index is -2.82. The van der Waals surface area contributed by atoms with Gasteiger partial charge in [0, 0.05) is 5.39 Å². The maximum atomic E-state index is 14.2. The Hall–Kier alpha value is -3.07. The van der Waals surface area contributed by atoms with Crippen molar-refractivity contribution in [3.05, 3.63) is 96.7 Å². The lowest BCUT2D eigenvalue weighted by Crippen LogP contribution is -2.67. The van der Waals surface area contributed by atoms with Crippen molar-refractivity contribution in [2.24, 2.45) is 0 Å². The quantitative estimate of drug-likeness (QED) is 0.318. The molecule has 206 valence electrons. The molecule has 0 bridgehead atoms. The Morgan fingerprint density at radius 2 is 1.50 bits per heavy atom. The van der Waals surface area contributed by atoms with Gasteiger partial charge >= 0.3 is 0 Å². The van der Waals surface area contributed by atoms with E-state index in [1.165, 1.54) is 10.4 Å². The van der Waals surface area contributed by atoms with E-state index in [1.807, 2.05) is 56.3 Å². The molecule has 3 aliphatic heterocycles. The molecule has 0 saturated carbocycles. The van der Waals surface area contributed by atoms with E-state index in [0.717, 1.165) is 16.6 Å². The minimum absolute atomic E-state index is 0.128. The third-order valence-electron chi connectivity index (χ3n) is 8.71. The lowest BCUT2D eigenvalue weighted by atomic mass is 9.91. The van der Waals surface area contributed by atoms with Crippen molar-refractivity contribution in [3.63, 3.8) is 0 Å². The Morgan fingerprint density at radius 1 is 0.900 bits per heavy atom. The summed E-state index contributed by atoms with van der Waals surface area (Å²) < 4.78 is 28.8. The van der Waals surface area contributed by atoms with Crippen molar-refractivity contribution in [1.29, 1.82) is 0 Å². The molecule has 3 aromatic carbocycles. The van der Waals surface area contributed by atoms with E-state index in [0.29, 0.717) is 0 Å². The Kier molecular flexibility index (Phi) is 5.63. The van der Waals surface area contributed by atoms with Gasteiger partial charge in [-0.05, 0) is 41.4 Å². The van der Waals surface area contributed by atoms with E-state index in [1.54, 1.807) is 4.57 Å². The smallest absolute Gasteiger partial charge is 0.269 e. The van der Waals surface area contributed by atoms with Crippen molar-refractivity contribution in [1.82, 2.24) is 4.57 Å². The van der Waals surface area contributed by atoms with Gasteiger partial charge in [-0.2, -0.15) is 0 Å². The van der Waals surface area contributed by atoms with Crippen LogP contribution in [0.4, 0.5) is 0 Å². The molecule has 0 aliphatic carbocycles. The highest BCUT2D eigenvalue weighted by Gasteiger charge is 2.74. The number of nitrogens with zero attached hydrogens (tertiary/aromatic N) is 1. The molecule has 2 fully saturated rings. The number of hydrogen-bond donors (Lipinski definition) is 0. The number of carbonyl (C=O) groups excluding carboxylic acids is 1. The standard InChI is InChI=1S/C33H35NO5Si/c1-31(2,3)40(23-15-8-6-9-16-23,24-17-10-7-11-18-24)36-21-27-29-33(39-32(4,5)38-29)28(37-27)26-20-22-14-12-13-19-25(22)34(26)30(33)35/h6-20,27-29H,21H2,1-5H3/t27-,28+,29-,33+/m1/s1. The number of aromatic nitrogens is 1. The molecule has 4 atom stereocenters. The number of ether oxygens (including phenoxy) is 3. The van der Waals surface area contributed by atoms with Gasteiger partial charge < -0.3 is 18.6 Å². The summed E-state index contributed by atoms with van der Waals surface area (Å²) >= 11 is 0. The highest BCUT2D eigenvalue weighted by molar-refractivity contribution is 6.99. The van der Waals surface area contributed by atoms with Gasteiger partial charge in [-0.3, -0.25) is 9.36 Å². The molecule has 7 heteroatoms. The van der Waals surface area contributed by atoms with Crippen LogP contribution in [-0.2, 0) is 18.6 Å². The molecule has 1 spiro atoms. The van der Waals surface area contributed by atoms with Gasteiger partial charge in [-0.25, -0.2) is 0 Å². The predicted molar refractivity (Wildman–Crippen MR) is 157 cm³/mol. The van der Waals surface area contributed by atoms with Crippen LogP contribution in [0.1, 0.15) is 51.2 Å². The van der Waals surface area contributed by atoms with Crippen LogP contribution >= 0.6 is 0 Å². The third kappa shape index (κ3) is 3.45. The van der Waals surface area contributed by atoms with Crippen LogP contribution in [0.15, 0.2) is 91.0 Å². The van der Waals surface area contributed by atoms with Gasteiger partial charge in [0.15, 0.2) is 5.79 Å². The molecule has 40 heavy (non-hydrogen) atoms. The maximum absolute atomic E-state index is 14.2. The van der Waals surface area contributed by atoms with E-state index in [2.05, 4.69) is 69.3 Å². The summed E-state index contributed by atoms with van der Waals surface area (Å²) in [5, 5.41) is 3.21. The van der Waals surface area contributed by atoms with Crippen LogP contribution in [0, 0.1) is 0 Å². The topological polar surface area (TPSA) is 58.9 Å². The first-order valence-corrected chi connectivity index (χ1v) is 15.9. The molecule has 4 aromatic rings. The number of rotatable bonds is 5. The van der Waals surface area contributed by atoms with Crippen LogP contribution in [0.2, 0.25) is 5.04 Å². The van der Waals surface area contributed by atoms with Crippen molar-refractivity contribution >= 4 is 35.5 Å². The van der Waals surface area contributed by atoms with E-state index in [-0.39, 0.29) is 17.6 Å². The molecule has 1 aromatic heterocycles. The van der Waals surface area contributed by atoms with Crippen LogP contribution < -0.4 is 10.4 Å². The highest BCUT2D eigenvalue weighted by Crippen LogP contribution is 2.58. The molecular formula is C33H35NO5Si. The van der Waals surface area contributed by atoms with Crippen molar-refractivity contribution in [3.8, 4) is 0 Å². The lowest BCUT2D eigenvalue weighted by Gasteiger charge is -2.43. The molecule has 0 amide bonds. The van der Waals surface area contributed by atoms with E-state index >= 15 is 0 Å². The van der Waals surface area contributed by atoms with Gasteiger partial charge in [-0.15, -0.1) is 0 Å². The summed E-state index contributed by atoms with van der Waals surface area (Å²) in [6.07, 6.45) is -1.66. The van der Waals surface area contributed by atoms with E-state index in [4.69, 9.17) is 18.6 Å². The first kappa shape index (κ1) is 25.9. The Bertz CT molecular complexity index is 1550. The van der Waals surface area contributed by atoms with Gasteiger partial charge in [-0.1, -0.05) is 99.6 Å². The molecule has 7 rings (SSSR count). The second kappa shape index (κ2) is 8.71. The van der Waals surface area contributed by atoms with Crippen LogP contribution in [0.5, 0.6) is 0 Å². The zero-order valence-electron chi connectivity index (χ0n) is 23.6. The summed E-state index contributed by atoms with van der Waals surface area (Å²) in [5.74, 6) is -1.06. The summed E-state index contributed by atoms with van der Waals surface area (Å²) in [5.41, 5.74) is 0.426. The molecule has 6 nitrogen and oxygen atoms in total. The van der Waals surface area contributed by atoms with Crippen LogP contribution in [0.25, 0.3) is 10.9 Å². The largest absolute Gasteiger partial charge is 0.405 e. The summed E-state index contributed by atoms with van der Waals surface area (Å²) in [6.45, 7) is 10.8. The molecule has 3 aliphatic rings. The van der Waals surface area contributed by atoms with Crippen molar-refractivity contribution in [2.45, 2.75) is 69.4 Å². The molecule has 0 radical (unpaired) electrons. The number of para-hydroxylation sites is 1. The zero-order chi connectivity index (χ0) is 27.9. The maximum Gasteiger partial charge on any atom is 0.269 e. The van der Waals surface area contributed by atoms with Crippen molar-refractivity contribution in [2.75, 3.05) is 6.61 Å². The van der Waals surface area contributed by atoms with Gasteiger partial charge in [0.05, 0.1) is 17.8 Å². The fourth-order valence-electron chi connectivity index (χ4n) is 7.22. The second-order valence-electron chi connectivity index (χ2n) is 12.6. The fraction of sp³-hybridized carbons (Fsp3) is 0.364. The monoisotopic (exact) mass is 553 g/mol. The lowest BCUT2D eigenvalue weighted by molar-refractivity contribution is -0.199. The van der Waals surface area contributed by atoms with Crippen LogP contribution in [-0.4, -0.2) is 49.0 Å². The fourth-order valence-corrected chi connectivity index (χ4v) is 11.8. The minimum Gasteiger partial charge on any atom is -0.405 e. The summed E-state index contributed by atoms with van der Waals surface area (Å²) in [4.78, 5) is 14.2. The molecule has 0 unspecified atom stereocenters. The van der Waals surface area contributed by atoms with E-state index < -0.39 is 38.0 Å². The number of fused-ring (bicyclic) bond motifs is 4. The Labute approximate surface area is 235 Å². The number of benzene rings is 3. The van der Waals surface area contributed by atoms with E-state index in [9.17, 15) is 4.79 Å². The first-order valence-electron chi connectivity index (χ1n) is 14.0. The molecule has 0 N–H and O–H groups in total. The summed E-state index contributed by atoms with van der Waals surface area (Å²) in [7, 11) is -2.82. The molecule has 4 heterocycles. The van der Waals surface area contributed by atoms with Crippen molar-refractivity contribution < 1.29 is 23.4 Å². The molecular weight excluding hydrogens is 518 g/mol. The Morgan fingerprint density at radius 3 is 2.12 bits per heavy atom. The second-order valence-corrected chi connectivity index (χ2v) is 16.9.